The van der Waals surface area contributed by atoms with Gasteiger partial charge in [-0.15, -0.1) is 0 Å². The largest absolute Gasteiger partial charge is 0.494 e. The molecule has 2 amide bonds. The molecule has 9 heteroatoms. The summed E-state index contributed by atoms with van der Waals surface area (Å²) < 4.78 is 7.07. The number of hydrogen-bond donors (Lipinski definition) is 3. The van der Waals surface area contributed by atoms with Crippen molar-refractivity contribution in [2.24, 2.45) is 5.73 Å². The lowest BCUT2D eigenvalue weighted by Gasteiger charge is -2.21. The number of primary amides is 1. The fourth-order valence-corrected chi connectivity index (χ4v) is 4.96. The Bertz CT molecular complexity index is 1620. The third-order valence-electron chi connectivity index (χ3n) is 7.28. The first-order valence-corrected chi connectivity index (χ1v) is 13.2. The summed E-state index contributed by atoms with van der Waals surface area (Å²) in [6.45, 7) is 9.46. The Morgan fingerprint density at radius 1 is 1.15 bits per heavy atom. The molecule has 2 aromatic heterocycles. The number of aromatic nitrogens is 3. The number of carbonyl (C=O) groups excluding carboxylic acids is 2. The van der Waals surface area contributed by atoms with Gasteiger partial charge in [-0.25, -0.2) is 9.67 Å². The van der Waals surface area contributed by atoms with Crippen molar-refractivity contribution in [3.05, 3.63) is 88.2 Å². The molecule has 5 rings (SSSR count). The van der Waals surface area contributed by atoms with Crippen molar-refractivity contribution in [3.8, 4) is 17.0 Å². The van der Waals surface area contributed by atoms with Crippen molar-refractivity contribution in [3.63, 3.8) is 0 Å². The lowest BCUT2D eigenvalue weighted by atomic mass is 9.85. The number of anilines is 2. The van der Waals surface area contributed by atoms with E-state index in [9.17, 15) is 9.59 Å². The van der Waals surface area contributed by atoms with Gasteiger partial charge in [-0.2, -0.15) is 5.10 Å². The zero-order chi connectivity index (χ0) is 28.6. The van der Waals surface area contributed by atoms with Gasteiger partial charge >= 0.3 is 0 Å². The second kappa shape index (κ2) is 10.5. The number of aryl methyl sites for hydroxylation is 3. The van der Waals surface area contributed by atoms with Crippen molar-refractivity contribution in [2.45, 2.75) is 52.6 Å². The molecule has 0 saturated carbocycles. The second-order valence-electron chi connectivity index (χ2n) is 11.0. The van der Waals surface area contributed by atoms with Crippen molar-refractivity contribution in [1.82, 2.24) is 20.1 Å². The summed E-state index contributed by atoms with van der Waals surface area (Å²) in [4.78, 5) is 29.5. The van der Waals surface area contributed by atoms with E-state index in [4.69, 9.17) is 15.6 Å². The molecule has 0 fully saturated rings. The minimum absolute atomic E-state index is 0.0403. The Kier molecular flexibility index (Phi) is 7.06. The second-order valence-corrected chi connectivity index (χ2v) is 11.0. The van der Waals surface area contributed by atoms with E-state index in [-0.39, 0.29) is 17.0 Å². The minimum atomic E-state index is -0.545. The molecule has 1 aliphatic rings. The van der Waals surface area contributed by atoms with Crippen molar-refractivity contribution in [2.75, 3.05) is 12.4 Å². The van der Waals surface area contributed by atoms with Crippen LogP contribution in [0.3, 0.4) is 0 Å². The molecule has 3 heterocycles. The fraction of sp³-hybridized carbons (Fsp3) is 0.290. The molecule has 4 N–H and O–H groups in total. The molecule has 0 unspecified atom stereocenters. The van der Waals surface area contributed by atoms with E-state index in [1.165, 1.54) is 18.2 Å². The topological polar surface area (TPSA) is 124 Å². The Hall–Kier alpha value is -4.66. The highest BCUT2D eigenvalue weighted by atomic mass is 16.5. The number of nitrogens with zero attached hydrogens (tertiary/aromatic N) is 3. The van der Waals surface area contributed by atoms with Crippen LogP contribution in [0, 0.1) is 6.92 Å². The predicted octanol–water partition coefficient (Wildman–Crippen LogP) is 4.89. The number of fused-ring (bicyclic) bond motifs is 2. The number of hydrogen-bond acceptors (Lipinski definition) is 6. The molecule has 4 aromatic rings. The number of nitrogens with one attached hydrogen (secondary N) is 2. The van der Waals surface area contributed by atoms with Crippen LogP contribution < -0.4 is 21.1 Å². The van der Waals surface area contributed by atoms with Crippen LogP contribution in [-0.2, 0) is 24.9 Å². The maximum atomic E-state index is 12.7. The summed E-state index contributed by atoms with van der Waals surface area (Å²) in [5, 5.41) is 11.2. The Morgan fingerprint density at radius 2 is 1.95 bits per heavy atom. The van der Waals surface area contributed by atoms with Crippen LogP contribution in [0.25, 0.3) is 11.3 Å². The molecular weight excluding hydrogens is 504 g/mol. The van der Waals surface area contributed by atoms with E-state index in [0.29, 0.717) is 35.9 Å². The number of carbonyl (C=O) groups is 2. The molecule has 2 aromatic carbocycles. The van der Waals surface area contributed by atoms with E-state index < -0.39 is 5.91 Å². The van der Waals surface area contributed by atoms with Gasteiger partial charge in [0, 0.05) is 30.5 Å². The Morgan fingerprint density at radius 3 is 2.65 bits per heavy atom. The number of nitrogens with two attached hydrogens (primary N) is 1. The maximum Gasteiger partial charge on any atom is 0.274 e. The smallest absolute Gasteiger partial charge is 0.274 e. The van der Waals surface area contributed by atoms with Gasteiger partial charge in [-0.3, -0.25) is 9.59 Å². The summed E-state index contributed by atoms with van der Waals surface area (Å²) in [6.07, 6.45) is 2.33. The molecule has 0 radical (unpaired) electrons. The molecule has 40 heavy (non-hydrogen) atoms. The highest BCUT2D eigenvalue weighted by Crippen LogP contribution is 2.36. The van der Waals surface area contributed by atoms with E-state index in [1.54, 1.807) is 18.3 Å². The standard InChI is InChI=1S/C31H34N6O3/c1-18-15-20(8-9-21(18)17-34-30(39)27-24(40-5)7-6-13-33-27)26-25(28(32)38)29-35-23-11-10-22(31(2,3)4)16-19(23)12-14-37(29)36-26/h6-11,13,15-16,35H,12,14,17H2,1-5H3,(H2,32,38)(H,34,39). The van der Waals surface area contributed by atoms with Gasteiger partial charge in [0.25, 0.3) is 11.8 Å². The molecule has 1 aliphatic heterocycles. The summed E-state index contributed by atoms with van der Waals surface area (Å²) in [5.74, 6) is 0.145. The third kappa shape index (κ3) is 5.14. The zero-order valence-electron chi connectivity index (χ0n) is 23.5. The first kappa shape index (κ1) is 26.9. The van der Waals surface area contributed by atoms with Gasteiger partial charge < -0.3 is 21.1 Å². The monoisotopic (exact) mass is 538 g/mol. The maximum absolute atomic E-state index is 12.7. The summed E-state index contributed by atoms with van der Waals surface area (Å²) in [7, 11) is 1.50. The number of rotatable bonds is 6. The van der Waals surface area contributed by atoms with E-state index in [1.807, 2.05) is 29.8 Å². The normalized spacial score (nSPS) is 12.5. The Balaban J connectivity index is 1.41. The minimum Gasteiger partial charge on any atom is -0.494 e. The molecule has 0 aliphatic carbocycles. The first-order chi connectivity index (χ1) is 19.1. The fourth-order valence-electron chi connectivity index (χ4n) is 4.96. The van der Waals surface area contributed by atoms with E-state index in [2.05, 4.69) is 54.6 Å². The molecular formula is C31H34N6O3. The zero-order valence-corrected chi connectivity index (χ0v) is 23.5. The number of pyridine rings is 1. The van der Waals surface area contributed by atoms with Crippen LogP contribution >= 0.6 is 0 Å². The van der Waals surface area contributed by atoms with Gasteiger partial charge in [-0.05, 0) is 65.3 Å². The van der Waals surface area contributed by atoms with Crippen LogP contribution in [0.15, 0.2) is 54.7 Å². The number of amides is 2. The predicted molar refractivity (Wildman–Crippen MR) is 155 cm³/mol. The quantitative estimate of drug-likeness (QED) is 0.321. The molecule has 0 saturated heterocycles. The van der Waals surface area contributed by atoms with Crippen molar-refractivity contribution in [1.29, 1.82) is 0 Å². The van der Waals surface area contributed by atoms with Crippen LogP contribution in [0.1, 0.15) is 63.9 Å². The average molecular weight is 539 g/mol. The van der Waals surface area contributed by atoms with Gasteiger partial charge in [0.2, 0.25) is 0 Å². The van der Waals surface area contributed by atoms with Crippen molar-refractivity contribution >= 4 is 23.3 Å². The SMILES string of the molecule is COc1cccnc1C(=O)NCc1ccc(-c2nn3c(c2C(N)=O)Nc2ccc(C(C)(C)C)cc2CC3)cc1C. The average Bonchev–Trinajstić information content (AvgIpc) is 3.19. The van der Waals surface area contributed by atoms with Gasteiger partial charge in [-0.1, -0.05) is 45.0 Å². The number of ether oxygens (including phenoxy) is 1. The van der Waals surface area contributed by atoms with Crippen LogP contribution in [0.2, 0.25) is 0 Å². The van der Waals surface area contributed by atoms with Gasteiger partial charge in [0.1, 0.15) is 22.8 Å². The highest BCUT2D eigenvalue weighted by molar-refractivity contribution is 6.04. The lowest BCUT2D eigenvalue weighted by Crippen LogP contribution is -2.24. The lowest BCUT2D eigenvalue weighted by molar-refractivity contribution is 0.0941. The summed E-state index contributed by atoms with van der Waals surface area (Å²) in [5.41, 5.74) is 13.1. The summed E-state index contributed by atoms with van der Waals surface area (Å²) >= 11 is 0. The molecule has 0 bridgehead atoms. The van der Waals surface area contributed by atoms with Crippen molar-refractivity contribution < 1.29 is 14.3 Å². The highest BCUT2D eigenvalue weighted by Gasteiger charge is 2.27. The number of benzene rings is 2. The molecule has 0 spiro atoms. The third-order valence-corrected chi connectivity index (χ3v) is 7.28. The molecule has 0 atom stereocenters. The van der Waals surface area contributed by atoms with E-state index in [0.717, 1.165) is 28.8 Å². The summed E-state index contributed by atoms with van der Waals surface area (Å²) in [6, 6.07) is 15.6. The van der Waals surface area contributed by atoms with Crippen LogP contribution in [0.4, 0.5) is 11.5 Å². The number of methoxy groups -OCH3 is 1. The molecule has 206 valence electrons. The molecule has 9 nitrogen and oxygen atoms in total. The van der Waals surface area contributed by atoms with Crippen LogP contribution in [-0.4, -0.2) is 33.7 Å². The van der Waals surface area contributed by atoms with Gasteiger partial charge in [0.05, 0.1) is 7.11 Å². The van der Waals surface area contributed by atoms with Gasteiger partial charge in [0.15, 0.2) is 5.69 Å². The van der Waals surface area contributed by atoms with E-state index >= 15 is 0 Å². The first-order valence-electron chi connectivity index (χ1n) is 13.2. The Labute approximate surface area is 233 Å². The van der Waals surface area contributed by atoms with Crippen LogP contribution in [0.5, 0.6) is 5.75 Å².